The van der Waals surface area contributed by atoms with Gasteiger partial charge in [0.1, 0.15) is 0 Å². The first kappa shape index (κ1) is 22.8. The van der Waals surface area contributed by atoms with Gasteiger partial charge in [0.05, 0.1) is 0 Å². The van der Waals surface area contributed by atoms with E-state index >= 15 is 0 Å². The summed E-state index contributed by atoms with van der Waals surface area (Å²) in [5.74, 6) is 7.28. The average molecular weight is 390 g/mol. The second kappa shape index (κ2) is 9.11. The Balaban J connectivity index is 3.08. The first-order valence-electron chi connectivity index (χ1n) is 8.18. The molecule has 150 valence electrons. The summed E-state index contributed by atoms with van der Waals surface area (Å²) in [6, 6.07) is 2.16. The summed E-state index contributed by atoms with van der Waals surface area (Å²) in [5.41, 5.74) is 0.0367. The van der Waals surface area contributed by atoms with E-state index in [0.29, 0.717) is 10.0 Å². The Morgan fingerprint density at radius 3 is 1.00 bits per heavy atom. The maximum absolute atomic E-state index is 12.4. The molecule has 0 fully saturated rings. The Hall–Kier alpha value is -3.24. The largest absolute Gasteiger partial charge is 0.297 e. The summed E-state index contributed by atoms with van der Waals surface area (Å²) in [5, 5.41) is 1.05. The van der Waals surface area contributed by atoms with Gasteiger partial charge in [-0.3, -0.25) is 38.8 Å². The molecule has 1 aromatic rings. The minimum absolute atomic E-state index is 0.0183. The van der Waals surface area contributed by atoms with Gasteiger partial charge in [0, 0.05) is 11.1 Å². The summed E-state index contributed by atoms with van der Waals surface area (Å²) >= 11 is 0. The van der Waals surface area contributed by atoms with E-state index in [-0.39, 0.29) is 11.1 Å². The monoisotopic (exact) mass is 390 g/mol. The molecule has 2 amide bonds. The molecule has 0 spiro atoms. The highest BCUT2D eigenvalue weighted by atomic mass is 16.2. The molecule has 10 heteroatoms. The highest BCUT2D eigenvalue weighted by molar-refractivity contribution is 6.10. The molecule has 28 heavy (non-hydrogen) atoms. The summed E-state index contributed by atoms with van der Waals surface area (Å²) < 4.78 is 0. The third-order valence-electron chi connectivity index (χ3n) is 3.94. The van der Waals surface area contributed by atoms with Gasteiger partial charge in [0.15, 0.2) is 35.2 Å². The Bertz CT molecular complexity index is 736. The Kier molecular flexibility index (Phi) is 7.42. The number of hydrogen-bond acceptors (Lipinski definition) is 8. The van der Waals surface area contributed by atoms with Crippen LogP contribution in [0.1, 0.15) is 48.4 Å². The molecule has 0 aliphatic rings. The number of hydrazine groups is 2. The van der Waals surface area contributed by atoms with Crippen molar-refractivity contribution in [3.63, 3.8) is 0 Å². The van der Waals surface area contributed by atoms with Gasteiger partial charge in [-0.15, -0.1) is 0 Å². The van der Waals surface area contributed by atoms with Crippen LogP contribution in [0.2, 0.25) is 0 Å². The summed E-state index contributed by atoms with van der Waals surface area (Å²) in [4.78, 5) is 70.9. The van der Waals surface area contributed by atoms with E-state index in [2.05, 4.69) is 0 Å². The molecule has 0 saturated carbocycles. The maximum atomic E-state index is 12.4. The molecule has 1 rings (SSSR count). The van der Waals surface area contributed by atoms with E-state index in [0.717, 1.165) is 27.7 Å². The maximum Gasteiger partial charge on any atom is 0.268 e. The normalized spacial score (nSPS) is 10.6. The number of amides is 2. The molecule has 0 saturated heterocycles. The number of carbonyl (C=O) groups excluding carboxylic acids is 6. The second-order valence-electron chi connectivity index (χ2n) is 6.25. The molecule has 0 radical (unpaired) electrons. The van der Waals surface area contributed by atoms with Crippen molar-refractivity contribution in [2.45, 2.75) is 39.8 Å². The van der Waals surface area contributed by atoms with E-state index < -0.39 is 47.0 Å². The minimum atomic E-state index is -1.42. The number of rotatable bonds is 8. The van der Waals surface area contributed by atoms with Crippen molar-refractivity contribution in [2.24, 2.45) is 11.7 Å². The van der Waals surface area contributed by atoms with Crippen molar-refractivity contribution in [1.82, 2.24) is 10.0 Å². The SMILES string of the molecule is CC(=O)C(C(C)=O)N(N)C(=O)c1ccc(C(=O)N(N)C(C(C)=O)C(C)=O)cc1. The van der Waals surface area contributed by atoms with Crippen molar-refractivity contribution in [3.8, 4) is 0 Å². The van der Waals surface area contributed by atoms with E-state index in [1.165, 1.54) is 24.3 Å². The fourth-order valence-electron chi connectivity index (χ4n) is 2.64. The fourth-order valence-corrected chi connectivity index (χ4v) is 2.64. The number of benzene rings is 1. The molecular weight excluding hydrogens is 368 g/mol. The predicted molar refractivity (Wildman–Crippen MR) is 97.5 cm³/mol. The zero-order valence-electron chi connectivity index (χ0n) is 16.0. The number of carbonyl (C=O) groups is 6. The van der Waals surface area contributed by atoms with E-state index in [4.69, 9.17) is 11.7 Å². The van der Waals surface area contributed by atoms with E-state index in [9.17, 15) is 28.8 Å². The molecule has 0 heterocycles. The van der Waals surface area contributed by atoms with Crippen molar-refractivity contribution in [1.29, 1.82) is 0 Å². The molecular formula is C18H22N4O6. The lowest BCUT2D eigenvalue weighted by molar-refractivity contribution is -0.132. The molecule has 0 aliphatic heterocycles. The van der Waals surface area contributed by atoms with Crippen LogP contribution < -0.4 is 11.7 Å². The zero-order valence-corrected chi connectivity index (χ0v) is 16.0. The Labute approximate surface area is 161 Å². The minimum Gasteiger partial charge on any atom is -0.297 e. The van der Waals surface area contributed by atoms with Crippen LogP contribution in [0.5, 0.6) is 0 Å². The van der Waals surface area contributed by atoms with Gasteiger partial charge in [-0.2, -0.15) is 0 Å². The van der Waals surface area contributed by atoms with Crippen molar-refractivity contribution < 1.29 is 28.8 Å². The molecule has 0 aromatic heterocycles. The zero-order chi connectivity index (χ0) is 21.8. The molecule has 4 N–H and O–H groups in total. The lowest BCUT2D eigenvalue weighted by Gasteiger charge is -2.24. The van der Waals surface area contributed by atoms with Crippen LogP contribution in [-0.4, -0.2) is 57.0 Å². The highest BCUT2D eigenvalue weighted by Gasteiger charge is 2.31. The lowest BCUT2D eigenvalue weighted by atomic mass is 10.1. The number of nitrogens with zero attached hydrogens (tertiary/aromatic N) is 2. The first-order valence-corrected chi connectivity index (χ1v) is 8.18. The van der Waals surface area contributed by atoms with Crippen LogP contribution in [0.3, 0.4) is 0 Å². The van der Waals surface area contributed by atoms with Gasteiger partial charge in [-0.25, -0.2) is 11.7 Å². The highest BCUT2D eigenvalue weighted by Crippen LogP contribution is 2.12. The molecule has 0 unspecified atom stereocenters. The number of Topliss-reactive ketones (excluding diaryl/α,β-unsaturated/α-hetero) is 4. The van der Waals surface area contributed by atoms with Crippen LogP contribution in [0.25, 0.3) is 0 Å². The van der Waals surface area contributed by atoms with Gasteiger partial charge in [0.2, 0.25) is 0 Å². The third-order valence-corrected chi connectivity index (χ3v) is 3.94. The molecule has 0 atom stereocenters. The number of ketones is 4. The molecule has 1 aromatic carbocycles. The quantitative estimate of drug-likeness (QED) is 0.258. The van der Waals surface area contributed by atoms with E-state index in [1.807, 2.05) is 0 Å². The van der Waals surface area contributed by atoms with Crippen LogP contribution in [0.4, 0.5) is 0 Å². The van der Waals surface area contributed by atoms with Crippen LogP contribution in [0.15, 0.2) is 24.3 Å². The summed E-state index contributed by atoms with van der Waals surface area (Å²) in [6.45, 7) is 4.54. The van der Waals surface area contributed by atoms with Crippen LogP contribution in [-0.2, 0) is 19.2 Å². The van der Waals surface area contributed by atoms with Crippen molar-refractivity contribution in [3.05, 3.63) is 35.4 Å². The predicted octanol–water partition coefficient (Wildman–Crippen LogP) is -0.588. The molecule has 0 bridgehead atoms. The van der Waals surface area contributed by atoms with Gasteiger partial charge < -0.3 is 0 Å². The Morgan fingerprint density at radius 1 is 0.607 bits per heavy atom. The smallest absolute Gasteiger partial charge is 0.268 e. The lowest BCUT2D eigenvalue weighted by Crippen LogP contribution is -2.52. The first-order chi connectivity index (χ1) is 12.9. The van der Waals surface area contributed by atoms with Gasteiger partial charge in [-0.05, 0) is 52.0 Å². The topological polar surface area (TPSA) is 161 Å². The third kappa shape index (κ3) is 4.93. The number of hydrogen-bond donors (Lipinski definition) is 2. The molecule has 0 aliphatic carbocycles. The summed E-state index contributed by atoms with van der Waals surface area (Å²) in [6.07, 6.45) is 0. The van der Waals surface area contributed by atoms with E-state index in [1.54, 1.807) is 0 Å². The van der Waals surface area contributed by atoms with Gasteiger partial charge >= 0.3 is 0 Å². The molecule has 10 nitrogen and oxygen atoms in total. The van der Waals surface area contributed by atoms with Crippen molar-refractivity contribution in [2.75, 3.05) is 0 Å². The van der Waals surface area contributed by atoms with Crippen LogP contribution in [0, 0.1) is 0 Å². The Morgan fingerprint density at radius 2 is 0.821 bits per heavy atom. The standard InChI is InChI=1S/C18H22N4O6/c1-9(23)15(10(2)24)21(19)17(27)13-5-7-14(8-6-13)18(28)22(20)16(11(3)25)12(4)26/h5-8,15-16H,19-20H2,1-4H3. The average Bonchev–Trinajstić information content (AvgIpc) is 2.59. The fraction of sp³-hybridized carbons (Fsp3) is 0.333. The van der Waals surface area contributed by atoms with Gasteiger partial charge in [-0.1, -0.05) is 0 Å². The summed E-state index contributed by atoms with van der Waals surface area (Å²) in [7, 11) is 0. The number of nitrogens with two attached hydrogens (primary N) is 2. The van der Waals surface area contributed by atoms with Gasteiger partial charge in [0.25, 0.3) is 11.8 Å². The van der Waals surface area contributed by atoms with Crippen molar-refractivity contribution >= 4 is 34.9 Å². The van der Waals surface area contributed by atoms with Crippen LogP contribution >= 0.6 is 0 Å². The second-order valence-corrected chi connectivity index (χ2v) is 6.25.